The van der Waals surface area contributed by atoms with Crippen molar-refractivity contribution in [2.45, 2.75) is 9.79 Å². The molecule has 0 atom stereocenters. The summed E-state index contributed by atoms with van der Waals surface area (Å²) in [6, 6.07) is 11.1. The third-order valence-electron chi connectivity index (χ3n) is 2.23. The Kier molecular flexibility index (Phi) is 3.89. The fourth-order valence-corrected chi connectivity index (χ4v) is 2.51. The number of carbonyl (C=O) groups is 1. The number of hydrogen-bond donors (Lipinski definition) is 1. The molecular weight excluding hydrogens is 275 g/mol. The van der Waals surface area contributed by atoms with Gasteiger partial charge in [0.2, 0.25) is 0 Å². The van der Waals surface area contributed by atoms with Crippen LogP contribution in [0.2, 0.25) is 5.02 Å². The molecule has 0 fully saturated rings. The summed E-state index contributed by atoms with van der Waals surface area (Å²) in [5, 5.41) is 9.59. The molecule has 2 aromatic rings. The fraction of sp³-hybridized carbons (Fsp3) is 0. The Morgan fingerprint density at radius 1 is 1.17 bits per heavy atom. The molecule has 0 spiro atoms. The Hall–Kier alpha value is -1.52. The van der Waals surface area contributed by atoms with Gasteiger partial charge in [0.25, 0.3) is 0 Å². The van der Waals surface area contributed by atoms with Crippen LogP contribution in [-0.2, 0) is 0 Å². The van der Waals surface area contributed by atoms with Crippen molar-refractivity contribution >= 4 is 29.3 Å². The third kappa shape index (κ3) is 2.83. The van der Waals surface area contributed by atoms with E-state index in [1.54, 1.807) is 30.3 Å². The Balaban J connectivity index is 2.37. The van der Waals surface area contributed by atoms with Crippen molar-refractivity contribution < 1.29 is 14.3 Å². The monoisotopic (exact) mass is 282 g/mol. The maximum absolute atomic E-state index is 13.5. The molecule has 2 nitrogen and oxygen atoms in total. The van der Waals surface area contributed by atoms with E-state index in [-0.39, 0.29) is 5.56 Å². The van der Waals surface area contributed by atoms with Crippen molar-refractivity contribution in [2.24, 2.45) is 0 Å². The quantitative estimate of drug-likeness (QED) is 0.910. The summed E-state index contributed by atoms with van der Waals surface area (Å²) in [4.78, 5) is 12.2. The Morgan fingerprint density at radius 2 is 1.83 bits per heavy atom. The molecule has 0 aliphatic carbocycles. The summed E-state index contributed by atoms with van der Waals surface area (Å²) in [7, 11) is 0. The topological polar surface area (TPSA) is 37.3 Å². The molecule has 5 heteroatoms. The van der Waals surface area contributed by atoms with Crippen LogP contribution in [0.5, 0.6) is 0 Å². The van der Waals surface area contributed by atoms with E-state index in [0.29, 0.717) is 9.92 Å². The molecule has 1 N–H and O–H groups in total. The number of rotatable bonds is 3. The number of carboxylic acids is 1. The van der Waals surface area contributed by atoms with Gasteiger partial charge in [-0.05, 0) is 36.4 Å². The molecule has 0 saturated carbocycles. The van der Waals surface area contributed by atoms with Gasteiger partial charge in [0.15, 0.2) is 0 Å². The Morgan fingerprint density at radius 3 is 2.44 bits per heavy atom. The standard InChI is InChI=1S/C13H8ClFO2S/c14-8-4-6-9(7-5-8)18-11-3-1-2-10(15)12(11)13(16)17/h1-7H,(H,16,17). The lowest BCUT2D eigenvalue weighted by Gasteiger charge is -2.06. The van der Waals surface area contributed by atoms with Crippen LogP contribution in [-0.4, -0.2) is 11.1 Å². The summed E-state index contributed by atoms with van der Waals surface area (Å²) < 4.78 is 13.5. The molecule has 0 aliphatic rings. The van der Waals surface area contributed by atoms with Crippen molar-refractivity contribution in [1.29, 1.82) is 0 Å². The zero-order valence-corrected chi connectivity index (χ0v) is 10.6. The minimum absolute atomic E-state index is 0.308. The highest BCUT2D eigenvalue weighted by Gasteiger charge is 2.16. The molecule has 0 bridgehead atoms. The van der Waals surface area contributed by atoms with Crippen LogP contribution in [0.25, 0.3) is 0 Å². The van der Waals surface area contributed by atoms with Gasteiger partial charge in [-0.3, -0.25) is 0 Å². The smallest absolute Gasteiger partial charge is 0.339 e. The molecular formula is C13H8ClFO2S. The second-order valence-electron chi connectivity index (χ2n) is 3.47. The first kappa shape index (κ1) is 12.9. The lowest BCUT2D eigenvalue weighted by Crippen LogP contribution is -2.02. The molecule has 92 valence electrons. The van der Waals surface area contributed by atoms with E-state index >= 15 is 0 Å². The first-order valence-corrected chi connectivity index (χ1v) is 6.22. The normalized spacial score (nSPS) is 10.3. The summed E-state index contributed by atoms with van der Waals surface area (Å²) in [5.41, 5.74) is -0.308. The Labute approximate surface area is 112 Å². The van der Waals surface area contributed by atoms with Crippen molar-refractivity contribution in [1.82, 2.24) is 0 Å². The van der Waals surface area contributed by atoms with Crippen LogP contribution in [0.15, 0.2) is 52.3 Å². The van der Waals surface area contributed by atoms with Gasteiger partial charge in [-0.15, -0.1) is 0 Å². The summed E-state index contributed by atoms with van der Waals surface area (Å²) in [6.45, 7) is 0. The molecule has 0 saturated heterocycles. The highest BCUT2D eigenvalue weighted by Crippen LogP contribution is 2.32. The van der Waals surface area contributed by atoms with Gasteiger partial charge < -0.3 is 5.11 Å². The minimum Gasteiger partial charge on any atom is -0.478 e. The van der Waals surface area contributed by atoms with Crippen molar-refractivity contribution in [3.05, 3.63) is 58.9 Å². The molecule has 0 radical (unpaired) electrons. The van der Waals surface area contributed by atoms with Crippen LogP contribution >= 0.6 is 23.4 Å². The largest absolute Gasteiger partial charge is 0.478 e. The zero-order chi connectivity index (χ0) is 13.1. The maximum Gasteiger partial charge on any atom is 0.339 e. The minimum atomic E-state index is -1.27. The van der Waals surface area contributed by atoms with Crippen molar-refractivity contribution in [3.63, 3.8) is 0 Å². The van der Waals surface area contributed by atoms with Crippen LogP contribution in [0.4, 0.5) is 4.39 Å². The maximum atomic E-state index is 13.5. The van der Waals surface area contributed by atoms with E-state index in [0.717, 1.165) is 11.0 Å². The van der Waals surface area contributed by atoms with Gasteiger partial charge in [0, 0.05) is 14.8 Å². The van der Waals surface area contributed by atoms with Gasteiger partial charge in [0.05, 0.1) is 0 Å². The lowest BCUT2D eigenvalue weighted by molar-refractivity contribution is 0.0688. The van der Waals surface area contributed by atoms with E-state index < -0.39 is 11.8 Å². The zero-order valence-electron chi connectivity index (χ0n) is 9.06. The van der Waals surface area contributed by atoms with Crippen molar-refractivity contribution in [2.75, 3.05) is 0 Å². The number of aromatic carboxylic acids is 1. The van der Waals surface area contributed by atoms with Gasteiger partial charge >= 0.3 is 5.97 Å². The van der Waals surface area contributed by atoms with Gasteiger partial charge in [-0.2, -0.15) is 0 Å². The van der Waals surface area contributed by atoms with Gasteiger partial charge in [-0.1, -0.05) is 29.4 Å². The molecule has 0 heterocycles. The summed E-state index contributed by atoms with van der Waals surface area (Å²) >= 11 is 6.94. The van der Waals surface area contributed by atoms with Gasteiger partial charge in [-0.25, -0.2) is 9.18 Å². The van der Waals surface area contributed by atoms with E-state index in [1.807, 2.05) is 0 Å². The van der Waals surface area contributed by atoms with E-state index in [2.05, 4.69) is 0 Å². The van der Waals surface area contributed by atoms with Gasteiger partial charge in [0.1, 0.15) is 11.4 Å². The van der Waals surface area contributed by atoms with E-state index in [1.165, 1.54) is 17.8 Å². The summed E-state index contributed by atoms with van der Waals surface area (Å²) in [6.07, 6.45) is 0. The second-order valence-corrected chi connectivity index (χ2v) is 5.03. The third-order valence-corrected chi connectivity index (χ3v) is 3.55. The Bertz CT molecular complexity index is 584. The number of halogens is 2. The highest BCUT2D eigenvalue weighted by atomic mass is 35.5. The first-order chi connectivity index (χ1) is 8.58. The summed E-state index contributed by atoms with van der Waals surface area (Å²) in [5.74, 6) is -2.01. The van der Waals surface area contributed by atoms with E-state index in [4.69, 9.17) is 16.7 Å². The molecule has 0 aromatic heterocycles. The average Bonchev–Trinajstić information content (AvgIpc) is 2.32. The first-order valence-electron chi connectivity index (χ1n) is 5.03. The van der Waals surface area contributed by atoms with Crippen LogP contribution in [0.3, 0.4) is 0 Å². The molecule has 2 rings (SSSR count). The predicted octanol–water partition coefficient (Wildman–Crippen LogP) is 4.33. The SMILES string of the molecule is O=C(O)c1c(F)cccc1Sc1ccc(Cl)cc1. The average molecular weight is 283 g/mol. The molecule has 0 unspecified atom stereocenters. The van der Waals surface area contributed by atoms with Crippen LogP contribution < -0.4 is 0 Å². The predicted molar refractivity (Wildman–Crippen MR) is 68.9 cm³/mol. The van der Waals surface area contributed by atoms with Crippen LogP contribution in [0.1, 0.15) is 10.4 Å². The molecule has 0 amide bonds. The molecule has 18 heavy (non-hydrogen) atoms. The van der Waals surface area contributed by atoms with Crippen molar-refractivity contribution in [3.8, 4) is 0 Å². The van der Waals surface area contributed by atoms with E-state index in [9.17, 15) is 9.18 Å². The fourth-order valence-electron chi connectivity index (χ4n) is 1.43. The molecule has 0 aliphatic heterocycles. The molecule has 2 aromatic carbocycles. The second kappa shape index (κ2) is 5.42. The number of hydrogen-bond acceptors (Lipinski definition) is 2. The lowest BCUT2D eigenvalue weighted by atomic mass is 10.2. The van der Waals surface area contributed by atoms with Crippen LogP contribution in [0, 0.1) is 5.82 Å². The highest BCUT2D eigenvalue weighted by molar-refractivity contribution is 7.99. The number of carboxylic acid groups (broad SMARTS) is 1. The number of benzene rings is 2.